The van der Waals surface area contributed by atoms with Gasteiger partial charge in [0.25, 0.3) is 5.91 Å². The largest absolute Gasteiger partial charge is 0.508 e. The van der Waals surface area contributed by atoms with Crippen LogP contribution in [-0.4, -0.2) is 50.8 Å². The molecule has 1 saturated heterocycles. The molecule has 3 N–H and O–H groups in total. The number of hydrogen-bond acceptors (Lipinski definition) is 4. The van der Waals surface area contributed by atoms with Gasteiger partial charge in [-0.05, 0) is 12.1 Å². The lowest BCUT2D eigenvalue weighted by molar-refractivity contribution is -0.141. The molecule has 102 valence electrons. The molecule has 1 amide bonds. The van der Waals surface area contributed by atoms with Gasteiger partial charge in [0.05, 0.1) is 11.7 Å². The van der Waals surface area contributed by atoms with Gasteiger partial charge >= 0.3 is 5.97 Å². The molecule has 1 fully saturated rings. The minimum absolute atomic E-state index is 0.0826. The zero-order chi connectivity index (χ0) is 14.2. The second-order valence-electron chi connectivity index (χ2n) is 4.37. The maximum absolute atomic E-state index is 13.6. The normalized spacial score (nSPS) is 22.5. The Morgan fingerprint density at radius 3 is 2.63 bits per heavy atom. The molecule has 1 heterocycles. The first-order chi connectivity index (χ1) is 8.90. The van der Waals surface area contributed by atoms with Gasteiger partial charge in [0.2, 0.25) is 0 Å². The molecule has 0 spiro atoms. The molecule has 6 nitrogen and oxygen atoms in total. The fraction of sp³-hybridized carbons (Fsp3) is 0.333. The van der Waals surface area contributed by atoms with E-state index in [1.165, 1.54) is 0 Å². The van der Waals surface area contributed by atoms with Crippen LogP contribution in [0.5, 0.6) is 5.75 Å². The Balaban J connectivity index is 2.30. The molecule has 1 aliphatic rings. The molecule has 2 atom stereocenters. The highest BCUT2D eigenvalue weighted by atomic mass is 19.1. The molecular formula is C12H12FNO5. The lowest BCUT2D eigenvalue weighted by Crippen LogP contribution is -2.40. The van der Waals surface area contributed by atoms with Gasteiger partial charge in [0.15, 0.2) is 0 Å². The summed E-state index contributed by atoms with van der Waals surface area (Å²) in [5, 5.41) is 27.5. The predicted molar refractivity (Wildman–Crippen MR) is 61.1 cm³/mol. The minimum atomic E-state index is -1.25. The third kappa shape index (κ3) is 2.50. The molecule has 0 aromatic heterocycles. The standard InChI is InChI=1S/C12H12FNO5/c13-9-3-6(15)1-2-8(9)11(17)14-5-7(16)4-10(14)12(18)19/h1-3,7,10,15-16H,4-5H2,(H,18,19). The van der Waals surface area contributed by atoms with Crippen molar-refractivity contribution in [1.82, 2.24) is 4.90 Å². The first-order valence-corrected chi connectivity index (χ1v) is 5.60. The van der Waals surface area contributed by atoms with Crippen molar-refractivity contribution in [2.45, 2.75) is 18.6 Å². The first-order valence-electron chi connectivity index (χ1n) is 5.60. The van der Waals surface area contributed by atoms with Gasteiger partial charge in [-0.2, -0.15) is 0 Å². The van der Waals surface area contributed by atoms with Crippen LogP contribution in [0.15, 0.2) is 18.2 Å². The highest BCUT2D eigenvalue weighted by Crippen LogP contribution is 2.23. The number of likely N-dealkylation sites (tertiary alicyclic amines) is 1. The van der Waals surface area contributed by atoms with Crippen LogP contribution in [-0.2, 0) is 4.79 Å². The average molecular weight is 269 g/mol. The number of aromatic hydroxyl groups is 1. The Morgan fingerprint density at radius 1 is 1.37 bits per heavy atom. The lowest BCUT2D eigenvalue weighted by atomic mass is 10.1. The number of aliphatic carboxylic acids is 1. The van der Waals surface area contributed by atoms with E-state index in [1.807, 2.05) is 0 Å². The summed E-state index contributed by atoms with van der Waals surface area (Å²) in [5.41, 5.74) is -0.335. The fourth-order valence-electron chi connectivity index (χ4n) is 2.10. The van der Waals surface area contributed by atoms with Crippen LogP contribution in [0.2, 0.25) is 0 Å². The highest BCUT2D eigenvalue weighted by molar-refractivity contribution is 5.97. The number of aliphatic hydroxyl groups excluding tert-OH is 1. The number of phenols is 1. The summed E-state index contributed by atoms with van der Waals surface area (Å²) >= 11 is 0. The maximum Gasteiger partial charge on any atom is 0.326 e. The van der Waals surface area contributed by atoms with E-state index in [2.05, 4.69) is 0 Å². The fourth-order valence-corrected chi connectivity index (χ4v) is 2.10. The van der Waals surface area contributed by atoms with Crippen molar-refractivity contribution in [1.29, 1.82) is 0 Å². The van der Waals surface area contributed by atoms with Crippen molar-refractivity contribution < 1.29 is 29.3 Å². The van der Waals surface area contributed by atoms with Crippen LogP contribution in [0.4, 0.5) is 4.39 Å². The summed E-state index contributed by atoms with van der Waals surface area (Å²) in [7, 11) is 0. The number of benzene rings is 1. The second-order valence-corrected chi connectivity index (χ2v) is 4.37. The Kier molecular flexibility index (Phi) is 3.39. The van der Waals surface area contributed by atoms with Gasteiger partial charge < -0.3 is 20.2 Å². The number of nitrogens with zero attached hydrogens (tertiary/aromatic N) is 1. The van der Waals surface area contributed by atoms with Crippen molar-refractivity contribution in [2.75, 3.05) is 6.54 Å². The van der Waals surface area contributed by atoms with Crippen molar-refractivity contribution in [2.24, 2.45) is 0 Å². The summed E-state index contributed by atoms with van der Waals surface area (Å²) in [5.74, 6) is -3.33. The van der Waals surface area contributed by atoms with E-state index >= 15 is 0 Å². The van der Waals surface area contributed by atoms with E-state index in [0.717, 1.165) is 23.1 Å². The number of β-amino-alcohol motifs (C(OH)–C–C–N with tert-alkyl or cyclic N) is 1. The van der Waals surface area contributed by atoms with Crippen LogP contribution in [0.1, 0.15) is 16.8 Å². The summed E-state index contributed by atoms with van der Waals surface area (Å²) in [6, 6.07) is 1.82. The van der Waals surface area contributed by atoms with Gasteiger partial charge in [0, 0.05) is 19.0 Å². The van der Waals surface area contributed by atoms with E-state index < -0.39 is 29.8 Å². The molecule has 2 rings (SSSR count). The summed E-state index contributed by atoms with van der Waals surface area (Å²) < 4.78 is 13.6. The zero-order valence-electron chi connectivity index (χ0n) is 9.78. The summed E-state index contributed by atoms with van der Waals surface area (Å²) in [6.07, 6.45) is -1.02. The molecule has 0 aliphatic carbocycles. The molecule has 7 heteroatoms. The monoisotopic (exact) mass is 269 g/mol. The lowest BCUT2D eigenvalue weighted by Gasteiger charge is -2.21. The first kappa shape index (κ1) is 13.3. The molecule has 19 heavy (non-hydrogen) atoms. The van der Waals surface area contributed by atoms with Crippen LogP contribution in [0.3, 0.4) is 0 Å². The number of carboxylic acid groups (broad SMARTS) is 1. The number of carbonyl (C=O) groups excluding carboxylic acids is 1. The third-order valence-corrected chi connectivity index (χ3v) is 3.01. The quantitative estimate of drug-likeness (QED) is 0.712. The zero-order valence-corrected chi connectivity index (χ0v) is 9.78. The van der Waals surface area contributed by atoms with Crippen LogP contribution in [0.25, 0.3) is 0 Å². The van der Waals surface area contributed by atoms with Crippen molar-refractivity contribution in [3.63, 3.8) is 0 Å². The SMILES string of the molecule is O=C(O)C1CC(O)CN1C(=O)c1ccc(O)cc1F. The van der Waals surface area contributed by atoms with Crippen molar-refractivity contribution in [3.05, 3.63) is 29.6 Å². The number of carboxylic acids is 1. The third-order valence-electron chi connectivity index (χ3n) is 3.01. The predicted octanol–water partition coefficient (Wildman–Crippen LogP) is 0.191. The van der Waals surface area contributed by atoms with Crippen LogP contribution in [0, 0.1) is 5.82 Å². The van der Waals surface area contributed by atoms with E-state index in [4.69, 9.17) is 10.2 Å². The Labute approximate surface area is 107 Å². The molecule has 0 bridgehead atoms. The maximum atomic E-state index is 13.6. The Hall–Kier alpha value is -2.15. The number of aliphatic hydroxyl groups is 1. The molecule has 0 radical (unpaired) electrons. The second kappa shape index (κ2) is 4.85. The topological polar surface area (TPSA) is 98.1 Å². The van der Waals surface area contributed by atoms with E-state index in [0.29, 0.717) is 0 Å². The van der Waals surface area contributed by atoms with Crippen molar-refractivity contribution in [3.8, 4) is 5.75 Å². The van der Waals surface area contributed by atoms with Crippen LogP contribution < -0.4 is 0 Å². The number of halogens is 1. The van der Waals surface area contributed by atoms with E-state index in [1.54, 1.807) is 0 Å². The van der Waals surface area contributed by atoms with Gasteiger partial charge in [-0.3, -0.25) is 4.79 Å². The van der Waals surface area contributed by atoms with Gasteiger partial charge in [0.1, 0.15) is 17.6 Å². The average Bonchev–Trinajstić information content (AvgIpc) is 2.70. The number of carbonyl (C=O) groups is 2. The summed E-state index contributed by atoms with van der Waals surface area (Å²) in [6.45, 7) is -0.157. The summed E-state index contributed by atoms with van der Waals surface area (Å²) in [4.78, 5) is 24.0. The van der Waals surface area contributed by atoms with E-state index in [9.17, 15) is 19.1 Å². The Morgan fingerprint density at radius 2 is 2.05 bits per heavy atom. The van der Waals surface area contributed by atoms with Crippen LogP contribution >= 0.6 is 0 Å². The minimum Gasteiger partial charge on any atom is -0.508 e. The molecule has 1 aromatic rings. The smallest absolute Gasteiger partial charge is 0.326 e. The Bertz CT molecular complexity index is 533. The number of phenolic OH excluding ortho intramolecular Hbond substituents is 1. The number of rotatable bonds is 2. The van der Waals surface area contributed by atoms with E-state index in [-0.39, 0.29) is 24.3 Å². The molecule has 2 unspecified atom stereocenters. The molecule has 1 aromatic carbocycles. The van der Waals surface area contributed by atoms with Gasteiger partial charge in [-0.15, -0.1) is 0 Å². The van der Waals surface area contributed by atoms with Crippen molar-refractivity contribution >= 4 is 11.9 Å². The number of hydrogen-bond donors (Lipinski definition) is 3. The van der Waals surface area contributed by atoms with Gasteiger partial charge in [-0.25, -0.2) is 9.18 Å². The highest BCUT2D eigenvalue weighted by Gasteiger charge is 2.39. The molecule has 1 aliphatic heterocycles. The molecular weight excluding hydrogens is 257 g/mol. The molecule has 0 saturated carbocycles. The van der Waals surface area contributed by atoms with Gasteiger partial charge in [-0.1, -0.05) is 0 Å². The number of amides is 1.